The third kappa shape index (κ3) is 2.88. The molecule has 0 spiro atoms. The van der Waals surface area contributed by atoms with Crippen molar-refractivity contribution in [2.75, 3.05) is 18.5 Å². The Hall–Kier alpha value is -0.760. The third-order valence-electron chi connectivity index (χ3n) is 1.83. The summed E-state index contributed by atoms with van der Waals surface area (Å²) in [5.74, 6) is 0. The fraction of sp³-hybridized carbons (Fsp3) is 0.400. The van der Waals surface area contributed by atoms with Crippen LogP contribution >= 0.6 is 11.6 Å². The number of halogens is 2. The maximum atomic E-state index is 11.8. The molecule has 3 heteroatoms. The number of rotatable bonds is 4. The standard InChI is InChI=1S/C10H13ClFN/c1-8-4-2-5-9(11)10(8)13-7-3-6-12/h2,4-5,13H,3,6-7H2,1H3. The van der Waals surface area contributed by atoms with Crippen LogP contribution in [0.25, 0.3) is 0 Å². The Morgan fingerprint density at radius 3 is 2.85 bits per heavy atom. The average molecular weight is 202 g/mol. The zero-order chi connectivity index (χ0) is 9.68. The van der Waals surface area contributed by atoms with Gasteiger partial charge in [0.2, 0.25) is 0 Å². The normalized spacial score (nSPS) is 10.1. The summed E-state index contributed by atoms with van der Waals surface area (Å²) in [6.45, 7) is 2.31. The first-order valence-corrected chi connectivity index (χ1v) is 4.68. The van der Waals surface area contributed by atoms with Crippen molar-refractivity contribution in [3.63, 3.8) is 0 Å². The highest BCUT2D eigenvalue weighted by Gasteiger charge is 2.01. The van der Waals surface area contributed by atoms with Gasteiger partial charge in [-0.3, -0.25) is 4.39 Å². The Balaban J connectivity index is 2.64. The fourth-order valence-corrected chi connectivity index (χ4v) is 1.42. The molecule has 13 heavy (non-hydrogen) atoms. The van der Waals surface area contributed by atoms with E-state index in [4.69, 9.17) is 11.6 Å². The monoisotopic (exact) mass is 201 g/mol. The van der Waals surface area contributed by atoms with Gasteiger partial charge in [0.05, 0.1) is 17.4 Å². The van der Waals surface area contributed by atoms with Crippen molar-refractivity contribution in [2.45, 2.75) is 13.3 Å². The van der Waals surface area contributed by atoms with Crippen molar-refractivity contribution >= 4 is 17.3 Å². The van der Waals surface area contributed by atoms with Crippen LogP contribution in [0.1, 0.15) is 12.0 Å². The Labute approximate surface area is 82.9 Å². The van der Waals surface area contributed by atoms with E-state index in [1.165, 1.54) is 0 Å². The largest absolute Gasteiger partial charge is 0.384 e. The summed E-state index contributed by atoms with van der Waals surface area (Å²) in [4.78, 5) is 0. The van der Waals surface area contributed by atoms with Crippen LogP contribution in [0.2, 0.25) is 5.02 Å². The van der Waals surface area contributed by atoms with Gasteiger partial charge in [0.15, 0.2) is 0 Å². The third-order valence-corrected chi connectivity index (χ3v) is 2.15. The average Bonchev–Trinajstić information content (AvgIpc) is 2.10. The molecule has 1 nitrogen and oxygen atoms in total. The predicted molar refractivity (Wildman–Crippen MR) is 55.3 cm³/mol. The maximum absolute atomic E-state index is 11.8. The second-order valence-corrected chi connectivity index (χ2v) is 3.31. The van der Waals surface area contributed by atoms with Crippen LogP contribution in [0.3, 0.4) is 0 Å². The van der Waals surface area contributed by atoms with Crippen LogP contribution in [0, 0.1) is 6.92 Å². The van der Waals surface area contributed by atoms with E-state index in [-0.39, 0.29) is 6.67 Å². The molecule has 0 aliphatic carbocycles. The number of hydrogen-bond acceptors (Lipinski definition) is 1. The summed E-state index contributed by atoms with van der Waals surface area (Å²) in [7, 11) is 0. The van der Waals surface area contributed by atoms with Gasteiger partial charge < -0.3 is 5.32 Å². The molecule has 0 heterocycles. The van der Waals surface area contributed by atoms with Crippen molar-refractivity contribution in [1.29, 1.82) is 0 Å². The minimum absolute atomic E-state index is 0.295. The van der Waals surface area contributed by atoms with Gasteiger partial charge in [0, 0.05) is 6.54 Å². The number of benzene rings is 1. The SMILES string of the molecule is Cc1cccc(Cl)c1NCCCF. The van der Waals surface area contributed by atoms with Gasteiger partial charge >= 0.3 is 0 Å². The zero-order valence-electron chi connectivity index (χ0n) is 7.61. The van der Waals surface area contributed by atoms with Gasteiger partial charge in [0.25, 0.3) is 0 Å². The Bertz CT molecular complexity index is 255. The number of aryl methyl sites for hydroxylation is 1. The van der Waals surface area contributed by atoms with Crippen molar-refractivity contribution in [3.05, 3.63) is 28.8 Å². The second kappa shape index (κ2) is 5.07. The smallest absolute Gasteiger partial charge is 0.0911 e. The van der Waals surface area contributed by atoms with E-state index in [0.29, 0.717) is 18.0 Å². The molecule has 0 bridgehead atoms. The van der Waals surface area contributed by atoms with Crippen molar-refractivity contribution in [1.82, 2.24) is 0 Å². The first-order chi connectivity index (χ1) is 6.25. The molecule has 0 unspecified atom stereocenters. The van der Waals surface area contributed by atoms with Crippen LogP contribution < -0.4 is 5.32 Å². The van der Waals surface area contributed by atoms with E-state index in [9.17, 15) is 4.39 Å². The maximum Gasteiger partial charge on any atom is 0.0911 e. The molecule has 0 saturated heterocycles. The summed E-state index contributed by atoms with van der Waals surface area (Å²) in [6.07, 6.45) is 0.519. The molecular formula is C10H13ClFN. The topological polar surface area (TPSA) is 12.0 Å². The lowest BCUT2D eigenvalue weighted by Gasteiger charge is -2.09. The minimum atomic E-state index is -0.295. The summed E-state index contributed by atoms with van der Waals surface area (Å²) in [5.41, 5.74) is 2.00. The number of hydrogen-bond donors (Lipinski definition) is 1. The molecule has 1 N–H and O–H groups in total. The van der Waals surface area contributed by atoms with Gasteiger partial charge in [-0.15, -0.1) is 0 Å². The van der Waals surface area contributed by atoms with E-state index in [1.54, 1.807) is 0 Å². The lowest BCUT2D eigenvalue weighted by Crippen LogP contribution is -2.04. The summed E-state index contributed by atoms with van der Waals surface area (Å²) >= 11 is 5.95. The van der Waals surface area contributed by atoms with E-state index in [1.807, 2.05) is 25.1 Å². The molecule has 0 saturated carbocycles. The first kappa shape index (κ1) is 10.3. The highest BCUT2D eigenvalue weighted by Crippen LogP contribution is 2.24. The molecule has 1 rings (SSSR count). The fourth-order valence-electron chi connectivity index (χ4n) is 1.14. The van der Waals surface area contributed by atoms with Crippen molar-refractivity contribution < 1.29 is 4.39 Å². The lowest BCUT2D eigenvalue weighted by atomic mass is 10.2. The van der Waals surface area contributed by atoms with Gasteiger partial charge in [-0.1, -0.05) is 23.7 Å². The summed E-state index contributed by atoms with van der Waals surface area (Å²) in [5, 5.41) is 3.80. The van der Waals surface area contributed by atoms with E-state index in [2.05, 4.69) is 5.32 Å². The van der Waals surface area contributed by atoms with Crippen LogP contribution in [-0.2, 0) is 0 Å². The van der Waals surface area contributed by atoms with E-state index in [0.717, 1.165) is 11.3 Å². The van der Waals surface area contributed by atoms with Crippen LogP contribution in [0.5, 0.6) is 0 Å². The number of alkyl halides is 1. The second-order valence-electron chi connectivity index (χ2n) is 2.90. The quantitative estimate of drug-likeness (QED) is 0.737. The molecule has 0 atom stereocenters. The molecule has 0 fully saturated rings. The first-order valence-electron chi connectivity index (χ1n) is 4.30. The van der Waals surface area contributed by atoms with Gasteiger partial charge in [-0.05, 0) is 25.0 Å². The number of para-hydroxylation sites is 1. The van der Waals surface area contributed by atoms with Crippen molar-refractivity contribution in [3.8, 4) is 0 Å². The molecule has 0 aliphatic rings. The Morgan fingerprint density at radius 2 is 2.23 bits per heavy atom. The highest BCUT2D eigenvalue weighted by atomic mass is 35.5. The van der Waals surface area contributed by atoms with Gasteiger partial charge in [0.1, 0.15) is 0 Å². The number of nitrogens with one attached hydrogen (secondary N) is 1. The number of anilines is 1. The predicted octanol–water partition coefficient (Wildman–Crippen LogP) is 3.42. The highest BCUT2D eigenvalue weighted by molar-refractivity contribution is 6.33. The lowest BCUT2D eigenvalue weighted by molar-refractivity contribution is 0.481. The van der Waals surface area contributed by atoms with E-state index >= 15 is 0 Å². The molecule has 0 amide bonds. The molecule has 1 aromatic carbocycles. The molecule has 0 aliphatic heterocycles. The molecular weight excluding hydrogens is 189 g/mol. The van der Waals surface area contributed by atoms with Crippen LogP contribution in [0.4, 0.5) is 10.1 Å². The van der Waals surface area contributed by atoms with Crippen LogP contribution in [0.15, 0.2) is 18.2 Å². The minimum Gasteiger partial charge on any atom is -0.384 e. The van der Waals surface area contributed by atoms with E-state index < -0.39 is 0 Å². The zero-order valence-corrected chi connectivity index (χ0v) is 8.37. The van der Waals surface area contributed by atoms with Gasteiger partial charge in [-0.2, -0.15) is 0 Å². The van der Waals surface area contributed by atoms with Crippen LogP contribution in [-0.4, -0.2) is 13.2 Å². The molecule has 1 aromatic rings. The summed E-state index contributed by atoms with van der Waals surface area (Å²) in [6, 6.07) is 5.70. The van der Waals surface area contributed by atoms with Gasteiger partial charge in [-0.25, -0.2) is 0 Å². The van der Waals surface area contributed by atoms with Crippen molar-refractivity contribution in [2.24, 2.45) is 0 Å². The summed E-state index contributed by atoms with van der Waals surface area (Å²) < 4.78 is 11.8. The Morgan fingerprint density at radius 1 is 1.46 bits per heavy atom. The molecule has 72 valence electrons. The Kier molecular flexibility index (Phi) is 4.03. The molecule has 0 radical (unpaired) electrons. The molecule has 0 aromatic heterocycles.